The molecular weight excluding hydrogens is 328 g/mol. The van der Waals surface area contributed by atoms with E-state index in [1.54, 1.807) is 7.11 Å². The van der Waals surface area contributed by atoms with Crippen LogP contribution in [0.2, 0.25) is 0 Å². The number of rotatable bonds is 4. The third-order valence-corrected chi connectivity index (χ3v) is 4.61. The normalized spacial score (nSPS) is 15.5. The molecule has 0 radical (unpaired) electrons. The quantitative estimate of drug-likeness (QED) is 0.666. The highest BCUT2D eigenvalue weighted by molar-refractivity contribution is 6.17. The molecule has 0 fully saturated rings. The van der Waals surface area contributed by atoms with Crippen LogP contribution in [0.1, 0.15) is 35.0 Å². The molecule has 1 atom stereocenters. The average molecular weight is 346 g/mol. The lowest BCUT2D eigenvalue weighted by Crippen LogP contribution is -2.06. The van der Waals surface area contributed by atoms with Crippen LogP contribution in [0.4, 0.5) is 0 Å². The van der Waals surface area contributed by atoms with Crippen LogP contribution in [0, 0.1) is 6.92 Å². The number of carbonyl (C=O) groups excluding carboxylic acids is 1. The molecule has 0 spiro atoms. The molecule has 26 heavy (non-hydrogen) atoms. The number of hydrogen-bond acceptors (Lipinski definition) is 5. The molecular formula is C21H18N2O3. The van der Waals surface area contributed by atoms with Crippen molar-refractivity contribution in [2.24, 2.45) is 4.99 Å². The van der Waals surface area contributed by atoms with Gasteiger partial charge < -0.3 is 14.1 Å². The highest BCUT2D eigenvalue weighted by Crippen LogP contribution is 2.40. The predicted octanol–water partition coefficient (Wildman–Crippen LogP) is 4.14. The summed E-state index contributed by atoms with van der Waals surface area (Å²) in [7, 11) is 1.64. The molecule has 0 aliphatic carbocycles. The lowest BCUT2D eigenvalue weighted by molar-refractivity contribution is -0.108. The molecule has 5 heteroatoms. The molecule has 4 rings (SSSR count). The van der Waals surface area contributed by atoms with Gasteiger partial charge in [-0.05, 0) is 36.8 Å². The molecule has 1 aliphatic heterocycles. The smallest absolute Gasteiger partial charge is 0.169 e. The van der Waals surface area contributed by atoms with E-state index < -0.39 is 6.04 Å². The highest BCUT2D eigenvalue weighted by atomic mass is 16.5. The van der Waals surface area contributed by atoms with E-state index in [-0.39, 0.29) is 6.42 Å². The number of benzene rings is 2. The van der Waals surface area contributed by atoms with E-state index >= 15 is 0 Å². The number of methoxy groups -OCH3 is 1. The number of aldehydes is 1. The Kier molecular flexibility index (Phi) is 4.13. The van der Waals surface area contributed by atoms with Gasteiger partial charge in [0.15, 0.2) is 5.76 Å². The number of aryl methyl sites for hydroxylation is 1. The molecule has 130 valence electrons. The molecule has 2 aromatic carbocycles. The van der Waals surface area contributed by atoms with Crippen LogP contribution in [0.15, 0.2) is 58.0 Å². The van der Waals surface area contributed by atoms with Gasteiger partial charge in [0.25, 0.3) is 0 Å². The molecule has 0 amide bonds. The monoisotopic (exact) mass is 346 g/mol. The summed E-state index contributed by atoms with van der Waals surface area (Å²) in [5.41, 5.74) is 5.54. The molecule has 3 aromatic rings. The maximum Gasteiger partial charge on any atom is 0.169 e. The van der Waals surface area contributed by atoms with Crippen LogP contribution in [-0.4, -0.2) is 24.3 Å². The van der Waals surface area contributed by atoms with Crippen molar-refractivity contribution in [2.75, 3.05) is 7.11 Å². The van der Waals surface area contributed by atoms with Gasteiger partial charge in [0, 0.05) is 17.5 Å². The third kappa shape index (κ3) is 2.62. The second-order valence-corrected chi connectivity index (χ2v) is 6.18. The van der Waals surface area contributed by atoms with Gasteiger partial charge in [-0.15, -0.1) is 0 Å². The molecule has 1 aliphatic rings. The van der Waals surface area contributed by atoms with Crippen LogP contribution in [0.5, 0.6) is 5.75 Å². The Labute approximate surface area is 151 Å². The molecule has 1 aromatic heterocycles. The zero-order chi connectivity index (χ0) is 18.1. The highest BCUT2D eigenvalue weighted by Gasteiger charge is 2.29. The Morgan fingerprint density at radius 2 is 1.85 bits per heavy atom. The number of nitrogens with zero attached hydrogens (tertiary/aromatic N) is 2. The third-order valence-electron chi connectivity index (χ3n) is 4.61. The summed E-state index contributed by atoms with van der Waals surface area (Å²) in [5.74, 6) is 1.43. The Hall–Kier alpha value is -3.21. The largest absolute Gasteiger partial charge is 0.497 e. The van der Waals surface area contributed by atoms with Gasteiger partial charge >= 0.3 is 0 Å². The van der Waals surface area contributed by atoms with E-state index in [0.717, 1.165) is 45.7 Å². The molecule has 0 N–H and O–H groups in total. The SMILES string of the molecule is COc1ccc(C2=N[C@@H](CC=O)c3onc(C)c3-c3ccccc32)cc1. The van der Waals surface area contributed by atoms with Crippen molar-refractivity contribution in [3.8, 4) is 16.9 Å². The van der Waals surface area contributed by atoms with Crippen molar-refractivity contribution in [3.05, 3.63) is 71.1 Å². The van der Waals surface area contributed by atoms with Crippen LogP contribution >= 0.6 is 0 Å². The first-order valence-corrected chi connectivity index (χ1v) is 8.44. The van der Waals surface area contributed by atoms with Crippen molar-refractivity contribution in [2.45, 2.75) is 19.4 Å². The average Bonchev–Trinajstić information content (AvgIpc) is 3.00. The number of ether oxygens (including phenoxy) is 1. The number of aromatic nitrogens is 1. The predicted molar refractivity (Wildman–Crippen MR) is 98.7 cm³/mol. The molecule has 2 heterocycles. The van der Waals surface area contributed by atoms with Crippen molar-refractivity contribution in [1.29, 1.82) is 0 Å². The lowest BCUT2D eigenvalue weighted by atomic mass is 9.93. The van der Waals surface area contributed by atoms with Gasteiger partial charge in [-0.2, -0.15) is 0 Å². The summed E-state index contributed by atoms with van der Waals surface area (Å²) in [5, 5.41) is 4.12. The van der Waals surface area contributed by atoms with Crippen LogP contribution in [0.25, 0.3) is 11.1 Å². The molecule has 0 bridgehead atoms. The number of aliphatic imine (C=N–C) groups is 1. The fourth-order valence-electron chi connectivity index (χ4n) is 3.36. The van der Waals surface area contributed by atoms with E-state index in [9.17, 15) is 4.79 Å². The Morgan fingerprint density at radius 3 is 2.54 bits per heavy atom. The van der Waals surface area contributed by atoms with Gasteiger partial charge in [-0.3, -0.25) is 4.99 Å². The van der Waals surface area contributed by atoms with Crippen molar-refractivity contribution in [1.82, 2.24) is 5.16 Å². The van der Waals surface area contributed by atoms with Crippen LogP contribution < -0.4 is 4.74 Å². The van der Waals surface area contributed by atoms with E-state index in [4.69, 9.17) is 14.3 Å². The number of carbonyl (C=O) groups is 1. The maximum atomic E-state index is 11.3. The summed E-state index contributed by atoms with van der Waals surface area (Å²) < 4.78 is 10.8. The standard InChI is InChI=1S/C21H18N2O3/c1-13-19-16-5-3-4-6-17(16)20(14-7-9-15(25-2)10-8-14)22-18(11-12-24)21(19)26-23-13/h3-10,12,18H,11H2,1-2H3/t18-/m0/s1. The summed E-state index contributed by atoms with van der Waals surface area (Å²) in [4.78, 5) is 16.2. The zero-order valence-electron chi connectivity index (χ0n) is 14.6. The Morgan fingerprint density at radius 1 is 1.12 bits per heavy atom. The summed E-state index contributed by atoms with van der Waals surface area (Å²) in [6, 6.07) is 15.4. The zero-order valence-corrected chi connectivity index (χ0v) is 14.6. The van der Waals surface area contributed by atoms with Gasteiger partial charge in [0.05, 0.1) is 24.1 Å². The lowest BCUT2D eigenvalue weighted by Gasteiger charge is -2.11. The van der Waals surface area contributed by atoms with E-state index in [1.807, 2.05) is 55.5 Å². The van der Waals surface area contributed by atoms with Crippen LogP contribution in [-0.2, 0) is 4.79 Å². The molecule has 5 nitrogen and oxygen atoms in total. The fourth-order valence-corrected chi connectivity index (χ4v) is 3.36. The summed E-state index contributed by atoms with van der Waals surface area (Å²) >= 11 is 0. The number of fused-ring (bicyclic) bond motifs is 3. The molecule has 0 saturated heterocycles. The first-order chi connectivity index (χ1) is 12.7. The minimum atomic E-state index is -0.395. The topological polar surface area (TPSA) is 64.7 Å². The fraction of sp³-hybridized carbons (Fsp3) is 0.190. The Bertz CT molecular complexity index is 987. The first-order valence-electron chi connectivity index (χ1n) is 8.44. The summed E-state index contributed by atoms with van der Waals surface area (Å²) in [6.45, 7) is 1.91. The van der Waals surface area contributed by atoms with Gasteiger partial charge in [-0.1, -0.05) is 29.4 Å². The number of hydrogen-bond donors (Lipinski definition) is 0. The second-order valence-electron chi connectivity index (χ2n) is 6.18. The first kappa shape index (κ1) is 16.3. The van der Waals surface area contributed by atoms with Gasteiger partial charge in [0.1, 0.15) is 18.1 Å². The van der Waals surface area contributed by atoms with Crippen molar-refractivity contribution in [3.63, 3.8) is 0 Å². The van der Waals surface area contributed by atoms with Gasteiger partial charge in [-0.25, -0.2) is 0 Å². The van der Waals surface area contributed by atoms with Crippen molar-refractivity contribution < 1.29 is 14.1 Å². The maximum absolute atomic E-state index is 11.3. The van der Waals surface area contributed by atoms with E-state index in [1.165, 1.54) is 0 Å². The van der Waals surface area contributed by atoms with Gasteiger partial charge in [0.2, 0.25) is 0 Å². The second kappa shape index (κ2) is 6.59. The van der Waals surface area contributed by atoms with Crippen molar-refractivity contribution >= 4 is 12.0 Å². The molecule has 0 unspecified atom stereocenters. The van der Waals surface area contributed by atoms with E-state index in [0.29, 0.717) is 5.76 Å². The van der Waals surface area contributed by atoms with Crippen LogP contribution in [0.3, 0.4) is 0 Å². The minimum absolute atomic E-state index is 0.245. The van der Waals surface area contributed by atoms with E-state index in [2.05, 4.69) is 5.16 Å². The minimum Gasteiger partial charge on any atom is -0.497 e. The molecule has 0 saturated carbocycles. The summed E-state index contributed by atoms with van der Waals surface area (Å²) in [6.07, 6.45) is 1.12. The Balaban J connectivity index is 1.96.